The van der Waals surface area contributed by atoms with Crippen molar-refractivity contribution >= 4 is 28.6 Å². The molecule has 0 amide bonds. The molecule has 31 heavy (non-hydrogen) atoms. The van der Waals surface area contributed by atoms with Crippen LogP contribution in [0.1, 0.15) is 15.9 Å². The van der Waals surface area contributed by atoms with E-state index in [0.29, 0.717) is 28.3 Å². The Morgan fingerprint density at radius 3 is 2.23 bits per heavy atom. The molecule has 0 fully saturated rings. The predicted octanol–water partition coefficient (Wildman–Crippen LogP) is 5.06. The van der Waals surface area contributed by atoms with Crippen molar-refractivity contribution < 1.29 is 19.4 Å². The summed E-state index contributed by atoms with van der Waals surface area (Å²) in [5.74, 6) is 0.0879. The molecule has 0 bridgehead atoms. The lowest BCUT2D eigenvalue weighted by molar-refractivity contribution is 0.0699. The van der Waals surface area contributed by atoms with Gasteiger partial charge in [0.2, 0.25) is 0 Å². The van der Waals surface area contributed by atoms with Crippen molar-refractivity contribution in [3.8, 4) is 22.8 Å². The molecule has 0 unspecified atom stereocenters. The summed E-state index contributed by atoms with van der Waals surface area (Å²) in [5.41, 5.74) is 3.03. The predicted molar refractivity (Wildman–Crippen MR) is 119 cm³/mol. The van der Waals surface area contributed by atoms with Gasteiger partial charge in [0, 0.05) is 24.0 Å². The van der Waals surface area contributed by atoms with Gasteiger partial charge in [-0.25, -0.2) is 14.8 Å². The minimum atomic E-state index is -1.08. The highest BCUT2D eigenvalue weighted by Crippen LogP contribution is 2.33. The van der Waals surface area contributed by atoms with Crippen molar-refractivity contribution in [1.29, 1.82) is 0 Å². The zero-order chi connectivity index (χ0) is 22.4. The maximum atomic E-state index is 11.3. The number of para-hydroxylation sites is 1. The van der Waals surface area contributed by atoms with Crippen LogP contribution in [0.2, 0.25) is 5.15 Å². The summed E-state index contributed by atoms with van der Waals surface area (Å²) in [6, 6.07) is 14.0. The number of aromatic carboxylic acids is 1. The normalized spacial score (nSPS) is 10.2. The molecule has 4 aromatic rings. The number of hydrogen-bond acceptors (Lipinski definition) is 6. The highest BCUT2D eigenvalue weighted by atomic mass is 35.5. The average Bonchev–Trinajstić information content (AvgIpc) is 2.78. The summed E-state index contributed by atoms with van der Waals surface area (Å²) >= 11 is 6.26. The number of hydrogen-bond donors (Lipinski definition) is 1. The SMILES string of the molecule is COc1cc(OC)cc(-c2nc3cccc(C(=O)O)c3nc2Cl)c1.Cc1cccnc1. The molecule has 0 saturated carbocycles. The largest absolute Gasteiger partial charge is 0.497 e. The summed E-state index contributed by atoms with van der Waals surface area (Å²) in [6.07, 6.45) is 3.60. The first-order chi connectivity index (χ1) is 14.9. The van der Waals surface area contributed by atoms with Crippen molar-refractivity contribution in [2.24, 2.45) is 0 Å². The third kappa shape index (κ3) is 5.26. The number of ether oxygens (including phenoxy) is 2. The minimum absolute atomic E-state index is 0.0525. The molecule has 0 saturated heterocycles. The average molecular weight is 438 g/mol. The number of carboxylic acid groups (broad SMARTS) is 1. The Morgan fingerprint density at radius 2 is 1.71 bits per heavy atom. The van der Waals surface area contributed by atoms with Gasteiger partial charge >= 0.3 is 5.97 Å². The fraction of sp³-hybridized carbons (Fsp3) is 0.130. The van der Waals surface area contributed by atoms with Gasteiger partial charge in [-0.15, -0.1) is 0 Å². The minimum Gasteiger partial charge on any atom is -0.497 e. The second-order valence-corrected chi connectivity index (χ2v) is 6.83. The number of carboxylic acids is 1. The number of nitrogens with zero attached hydrogens (tertiary/aromatic N) is 3. The molecule has 0 aliphatic heterocycles. The number of pyridine rings is 1. The van der Waals surface area contributed by atoms with E-state index in [0.717, 1.165) is 0 Å². The summed E-state index contributed by atoms with van der Waals surface area (Å²) in [7, 11) is 3.09. The highest BCUT2D eigenvalue weighted by molar-refractivity contribution is 6.32. The molecule has 0 aliphatic carbocycles. The molecule has 1 N–H and O–H groups in total. The van der Waals surface area contributed by atoms with Crippen LogP contribution >= 0.6 is 11.6 Å². The van der Waals surface area contributed by atoms with Crippen molar-refractivity contribution in [3.05, 3.63) is 77.2 Å². The molecule has 4 rings (SSSR count). The van der Waals surface area contributed by atoms with Crippen LogP contribution in [0.25, 0.3) is 22.3 Å². The van der Waals surface area contributed by atoms with Crippen molar-refractivity contribution in [1.82, 2.24) is 15.0 Å². The van der Waals surface area contributed by atoms with Gasteiger partial charge in [-0.1, -0.05) is 23.7 Å². The molecule has 8 heteroatoms. The maximum absolute atomic E-state index is 11.3. The zero-order valence-electron chi connectivity index (χ0n) is 17.2. The number of rotatable bonds is 4. The van der Waals surface area contributed by atoms with Gasteiger partial charge in [0.1, 0.15) is 22.7 Å². The van der Waals surface area contributed by atoms with E-state index in [1.165, 1.54) is 11.6 Å². The topological polar surface area (TPSA) is 94.4 Å². The number of methoxy groups -OCH3 is 2. The van der Waals surface area contributed by atoms with Crippen LogP contribution in [0.3, 0.4) is 0 Å². The van der Waals surface area contributed by atoms with Gasteiger partial charge in [-0.05, 0) is 42.8 Å². The molecule has 0 radical (unpaired) electrons. The number of carbonyl (C=O) groups is 1. The molecule has 2 aromatic heterocycles. The fourth-order valence-corrected chi connectivity index (χ4v) is 3.04. The first-order valence-electron chi connectivity index (χ1n) is 9.22. The third-order valence-electron chi connectivity index (χ3n) is 4.32. The molecule has 0 atom stereocenters. The molecule has 0 aliphatic rings. The fourth-order valence-electron chi connectivity index (χ4n) is 2.81. The molecular formula is C23H20ClN3O4. The molecular weight excluding hydrogens is 418 g/mol. The lowest BCUT2D eigenvalue weighted by Crippen LogP contribution is -2.01. The Hall–Kier alpha value is -3.71. The zero-order valence-corrected chi connectivity index (χ0v) is 17.9. The lowest BCUT2D eigenvalue weighted by Gasteiger charge is -2.10. The number of benzene rings is 2. The van der Waals surface area contributed by atoms with Gasteiger partial charge < -0.3 is 14.6 Å². The Labute approximate surface area is 184 Å². The summed E-state index contributed by atoms with van der Waals surface area (Å²) < 4.78 is 10.5. The van der Waals surface area contributed by atoms with E-state index in [-0.39, 0.29) is 16.2 Å². The van der Waals surface area contributed by atoms with Crippen molar-refractivity contribution in [2.45, 2.75) is 6.92 Å². The number of aryl methyl sites for hydroxylation is 1. The van der Waals surface area contributed by atoms with Gasteiger partial charge in [0.05, 0.1) is 25.3 Å². The lowest BCUT2D eigenvalue weighted by atomic mass is 10.1. The van der Waals surface area contributed by atoms with Crippen molar-refractivity contribution in [2.75, 3.05) is 14.2 Å². The van der Waals surface area contributed by atoms with Gasteiger partial charge in [-0.3, -0.25) is 4.98 Å². The highest BCUT2D eigenvalue weighted by Gasteiger charge is 2.16. The van der Waals surface area contributed by atoms with Crippen LogP contribution in [-0.4, -0.2) is 40.2 Å². The molecule has 7 nitrogen and oxygen atoms in total. The van der Waals surface area contributed by atoms with Crippen LogP contribution in [0.15, 0.2) is 60.9 Å². The van der Waals surface area contributed by atoms with Crippen LogP contribution in [-0.2, 0) is 0 Å². The van der Waals surface area contributed by atoms with Crippen LogP contribution in [0.5, 0.6) is 11.5 Å². The van der Waals surface area contributed by atoms with Gasteiger partial charge in [0.15, 0.2) is 5.15 Å². The van der Waals surface area contributed by atoms with E-state index in [9.17, 15) is 9.90 Å². The van der Waals surface area contributed by atoms with Crippen LogP contribution in [0, 0.1) is 6.92 Å². The Balaban J connectivity index is 0.000000330. The molecule has 158 valence electrons. The number of aromatic nitrogens is 3. The van der Waals surface area contributed by atoms with E-state index < -0.39 is 5.97 Å². The van der Waals surface area contributed by atoms with E-state index in [4.69, 9.17) is 21.1 Å². The summed E-state index contributed by atoms with van der Waals surface area (Å²) in [5, 5.41) is 9.36. The maximum Gasteiger partial charge on any atom is 0.337 e. The Bertz CT molecular complexity index is 1190. The monoisotopic (exact) mass is 437 g/mol. The smallest absolute Gasteiger partial charge is 0.337 e. The molecule has 2 heterocycles. The van der Waals surface area contributed by atoms with Gasteiger partial charge in [0.25, 0.3) is 0 Å². The van der Waals surface area contributed by atoms with Crippen LogP contribution < -0.4 is 9.47 Å². The van der Waals surface area contributed by atoms with Crippen LogP contribution in [0.4, 0.5) is 0 Å². The second kappa shape index (κ2) is 9.86. The third-order valence-corrected chi connectivity index (χ3v) is 4.58. The van der Waals surface area contributed by atoms with E-state index in [1.807, 2.05) is 25.3 Å². The van der Waals surface area contributed by atoms with E-state index in [2.05, 4.69) is 15.0 Å². The summed E-state index contributed by atoms with van der Waals surface area (Å²) in [4.78, 5) is 23.9. The number of fused-ring (bicyclic) bond motifs is 1. The standard InChI is InChI=1S/C17H13ClN2O4.C6H7N/c1-23-10-6-9(7-11(8-10)24-2)14-16(18)20-15-12(17(21)22)4-3-5-13(15)19-14;1-6-3-2-4-7-5-6/h3-8H,1-2H3,(H,21,22);2-5H,1H3. The summed E-state index contributed by atoms with van der Waals surface area (Å²) in [6.45, 7) is 2.02. The second-order valence-electron chi connectivity index (χ2n) is 6.47. The van der Waals surface area contributed by atoms with E-state index in [1.54, 1.807) is 50.7 Å². The number of halogens is 1. The van der Waals surface area contributed by atoms with E-state index >= 15 is 0 Å². The van der Waals surface area contributed by atoms with Gasteiger partial charge in [-0.2, -0.15) is 0 Å². The molecule has 2 aromatic carbocycles. The Morgan fingerprint density at radius 1 is 1.00 bits per heavy atom. The van der Waals surface area contributed by atoms with Crippen molar-refractivity contribution in [3.63, 3.8) is 0 Å². The first kappa shape index (κ1) is 22.0. The molecule has 0 spiro atoms. The first-order valence-corrected chi connectivity index (χ1v) is 9.60. The quantitative estimate of drug-likeness (QED) is 0.477. The Kier molecular flexibility index (Phi) is 6.99.